The van der Waals surface area contributed by atoms with Crippen LogP contribution in [0.2, 0.25) is 5.02 Å². The van der Waals surface area contributed by atoms with Crippen LogP contribution in [0.3, 0.4) is 0 Å². The lowest BCUT2D eigenvalue weighted by atomic mass is 9.68. The monoisotopic (exact) mass is 360 g/mol. The number of benzene rings is 1. The first-order valence-corrected chi connectivity index (χ1v) is 11.4. The van der Waals surface area contributed by atoms with E-state index in [1.165, 1.54) is 89.0 Å². The maximum atomic E-state index is 6.03. The van der Waals surface area contributed by atoms with Gasteiger partial charge in [0.1, 0.15) is 0 Å². The molecule has 25 heavy (non-hydrogen) atoms. The summed E-state index contributed by atoms with van der Waals surface area (Å²) in [6, 6.07) is 8.61. The summed E-state index contributed by atoms with van der Waals surface area (Å²) in [5, 5.41) is 0.865. The van der Waals surface area contributed by atoms with Crippen LogP contribution < -0.4 is 0 Å². The van der Waals surface area contributed by atoms with E-state index in [9.17, 15) is 0 Å². The molecule has 140 valence electrons. The van der Waals surface area contributed by atoms with Crippen LogP contribution in [0.1, 0.15) is 102 Å². The number of rotatable bonds is 7. The summed E-state index contributed by atoms with van der Waals surface area (Å²) >= 11 is 6.03. The molecular formula is C24H37Cl. The Balaban J connectivity index is 1.37. The smallest absolute Gasteiger partial charge is 0.0406 e. The van der Waals surface area contributed by atoms with Gasteiger partial charge in [-0.3, -0.25) is 0 Å². The normalized spacial score (nSPS) is 30.3. The lowest BCUT2D eigenvalue weighted by Crippen LogP contribution is -2.25. The van der Waals surface area contributed by atoms with Gasteiger partial charge in [-0.2, -0.15) is 0 Å². The van der Waals surface area contributed by atoms with Crippen LogP contribution in [0.25, 0.3) is 0 Å². The average Bonchev–Trinajstić information content (AvgIpc) is 2.67. The molecule has 0 nitrogen and oxygen atoms in total. The van der Waals surface area contributed by atoms with Gasteiger partial charge in [-0.25, -0.2) is 0 Å². The zero-order chi connectivity index (χ0) is 17.5. The van der Waals surface area contributed by atoms with E-state index >= 15 is 0 Å². The van der Waals surface area contributed by atoms with E-state index in [-0.39, 0.29) is 0 Å². The van der Waals surface area contributed by atoms with Crippen molar-refractivity contribution in [3.05, 3.63) is 34.9 Å². The van der Waals surface area contributed by atoms with Crippen LogP contribution in [0, 0.1) is 17.8 Å². The molecule has 1 heteroatoms. The molecule has 0 radical (unpaired) electrons. The second kappa shape index (κ2) is 10.0. The Morgan fingerprint density at radius 1 is 0.760 bits per heavy atom. The van der Waals surface area contributed by atoms with E-state index in [0.717, 1.165) is 28.7 Å². The van der Waals surface area contributed by atoms with Gasteiger partial charge in [-0.15, -0.1) is 0 Å². The van der Waals surface area contributed by atoms with Crippen molar-refractivity contribution in [2.45, 2.75) is 96.3 Å². The third kappa shape index (κ3) is 5.75. The molecule has 2 aliphatic rings. The van der Waals surface area contributed by atoms with Gasteiger partial charge in [0.05, 0.1) is 0 Å². The molecule has 0 heterocycles. The largest absolute Gasteiger partial charge is 0.0843 e. The van der Waals surface area contributed by atoms with Crippen LogP contribution in [-0.4, -0.2) is 0 Å². The first-order chi connectivity index (χ1) is 12.3. The SMILES string of the molecule is CCCCCCC1CCC(C2CCC(c3ccc(Cl)cc3)CC2)CC1. The molecule has 0 saturated heterocycles. The van der Waals surface area contributed by atoms with Crippen LogP contribution in [0.4, 0.5) is 0 Å². The maximum Gasteiger partial charge on any atom is 0.0406 e. The molecule has 1 aromatic rings. The maximum absolute atomic E-state index is 6.03. The summed E-state index contributed by atoms with van der Waals surface area (Å²) in [5.74, 6) is 3.89. The summed E-state index contributed by atoms with van der Waals surface area (Å²) in [6.07, 6.45) is 19.0. The van der Waals surface area contributed by atoms with Gasteiger partial charge in [-0.05, 0) is 79.9 Å². The molecule has 0 spiro atoms. The van der Waals surface area contributed by atoms with E-state index < -0.39 is 0 Å². The van der Waals surface area contributed by atoms with Crippen LogP contribution >= 0.6 is 11.6 Å². The molecule has 2 fully saturated rings. The lowest BCUT2D eigenvalue weighted by Gasteiger charge is -2.38. The fraction of sp³-hybridized carbons (Fsp3) is 0.750. The number of unbranched alkanes of at least 4 members (excludes halogenated alkanes) is 3. The van der Waals surface area contributed by atoms with Crippen molar-refractivity contribution in [3.63, 3.8) is 0 Å². The van der Waals surface area contributed by atoms with Crippen LogP contribution in [0.15, 0.2) is 24.3 Å². The Morgan fingerprint density at radius 3 is 1.96 bits per heavy atom. The van der Waals surface area contributed by atoms with Crippen LogP contribution in [0.5, 0.6) is 0 Å². The van der Waals surface area contributed by atoms with E-state index in [1.54, 1.807) is 0 Å². The second-order valence-electron chi connectivity index (χ2n) is 8.79. The van der Waals surface area contributed by atoms with E-state index in [4.69, 9.17) is 11.6 Å². The molecular weight excluding hydrogens is 324 g/mol. The van der Waals surface area contributed by atoms with Gasteiger partial charge in [0.2, 0.25) is 0 Å². The van der Waals surface area contributed by atoms with Gasteiger partial charge in [-0.1, -0.05) is 75.6 Å². The molecule has 1 aromatic carbocycles. The lowest BCUT2D eigenvalue weighted by molar-refractivity contribution is 0.155. The standard InChI is InChI=1S/C24H37Cl/c1-2-3-4-5-6-19-7-9-20(10-8-19)21-11-13-22(14-12-21)23-15-17-24(25)18-16-23/h15-22H,2-14H2,1H3. The highest BCUT2D eigenvalue weighted by Crippen LogP contribution is 2.44. The second-order valence-corrected chi connectivity index (χ2v) is 9.23. The summed E-state index contributed by atoms with van der Waals surface area (Å²) in [7, 11) is 0. The van der Waals surface area contributed by atoms with Gasteiger partial charge in [0.15, 0.2) is 0 Å². The summed E-state index contributed by atoms with van der Waals surface area (Å²) in [6.45, 7) is 2.31. The summed E-state index contributed by atoms with van der Waals surface area (Å²) in [5.41, 5.74) is 1.51. The zero-order valence-corrected chi connectivity index (χ0v) is 16.9. The van der Waals surface area contributed by atoms with Crippen molar-refractivity contribution in [2.75, 3.05) is 0 Å². The highest BCUT2D eigenvalue weighted by atomic mass is 35.5. The highest BCUT2D eigenvalue weighted by Gasteiger charge is 2.31. The van der Waals surface area contributed by atoms with Crippen molar-refractivity contribution in [1.29, 1.82) is 0 Å². The van der Waals surface area contributed by atoms with Crippen molar-refractivity contribution < 1.29 is 0 Å². The summed E-state index contributed by atoms with van der Waals surface area (Å²) < 4.78 is 0. The molecule has 0 amide bonds. The summed E-state index contributed by atoms with van der Waals surface area (Å²) in [4.78, 5) is 0. The Morgan fingerprint density at radius 2 is 1.36 bits per heavy atom. The minimum atomic E-state index is 0.781. The Hall–Kier alpha value is -0.490. The topological polar surface area (TPSA) is 0 Å². The minimum absolute atomic E-state index is 0.781. The average molecular weight is 361 g/mol. The molecule has 0 aromatic heterocycles. The molecule has 0 unspecified atom stereocenters. The Kier molecular flexibility index (Phi) is 7.71. The van der Waals surface area contributed by atoms with Crippen molar-refractivity contribution in [2.24, 2.45) is 17.8 Å². The van der Waals surface area contributed by atoms with E-state index in [2.05, 4.69) is 31.2 Å². The molecule has 0 atom stereocenters. The third-order valence-corrected chi connectivity index (χ3v) is 7.39. The molecule has 3 rings (SSSR count). The molecule has 0 aliphatic heterocycles. The fourth-order valence-corrected chi connectivity index (χ4v) is 5.59. The molecule has 2 saturated carbocycles. The highest BCUT2D eigenvalue weighted by molar-refractivity contribution is 6.30. The first kappa shape index (κ1) is 19.3. The van der Waals surface area contributed by atoms with Gasteiger partial charge >= 0.3 is 0 Å². The molecule has 2 aliphatic carbocycles. The minimum Gasteiger partial charge on any atom is -0.0843 e. The van der Waals surface area contributed by atoms with Crippen molar-refractivity contribution in [1.82, 2.24) is 0 Å². The molecule has 0 N–H and O–H groups in total. The zero-order valence-electron chi connectivity index (χ0n) is 16.2. The van der Waals surface area contributed by atoms with Crippen LogP contribution in [-0.2, 0) is 0 Å². The molecule has 0 bridgehead atoms. The fourth-order valence-electron chi connectivity index (χ4n) is 5.47. The number of halogens is 1. The Labute approximate surface area is 160 Å². The van der Waals surface area contributed by atoms with Gasteiger partial charge < -0.3 is 0 Å². The van der Waals surface area contributed by atoms with Crippen molar-refractivity contribution >= 4 is 11.6 Å². The quantitative estimate of drug-likeness (QED) is 0.428. The number of hydrogen-bond acceptors (Lipinski definition) is 0. The van der Waals surface area contributed by atoms with Gasteiger partial charge in [0.25, 0.3) is 0 Å². The van der Waals surface area contributed by atoms with E-state index in [0.29, 0.717) is 0 Å². The first-order valence-electron chi connectivity index (χ1n) is 11.0. The number of hydrogen-bond donors (Lipinski definition) is 0. The Bertz CT molecular complexity index is 475. The van der Waals surface area contributed by atoms with E-state index in [1.807, 2.05) is 0 Å². The van der Waals surface area contributed by atoms with Gasteiger partial charge in [0, 0.05) is 5.02 Å². The predicted molar refractivity (Wildman–Crippen MR) is 110 cm³/mol. The third-order valence-electron chi connectivity index (χ3n) is 7.14. The van der Waals surface area contributed by atoms with Crippen molar-refractivity contribution in [3.8, 4) is 0 Å². The predicted octanol–water partition coefficient (Wildman–Crippen LogP) is 8.39.